The number of nitriles is 1. The molecule has 2 amide bonds. The van der Waals surface area contributed by atoms with Gasteiger partial charge >= 0.3 is 12.1 Å². The fourth-order valence-electron chi connectivity index (χ4n) is 5.22. The van der Waals surface area contributed by atoms with Gasteiger partial charge < -0.3 is 39.8 Å². The van der Waals surface area contributed by atoms with Gasteiger partial charge in [0.15, 0.2) is 5.01 Å². The summed E-state index contributed by atoms with van der Waals surface area (Å²) in [4.78, 5) is 51.1. The van der Waals surface area contributed by atoms with Crippen molar-refractivity contribution < 1.29 is 44.4 Å². The summed E-state index contributed by atoms with van der Waals surface area (Å²) >= 11 is 1.20. The molecule has 4 N–H and O–H groups in total. The molecule has 15 heteroatoms. The molecule has 0 aliphatic carbocycles. The van der Waals surface area contributed by atoms with Crippen LogP contribution >= 0.6 is 11.3 Å². The first-order valence-corrected chi connectivity index (χ1v) is 15.9. The molecule has 0 spiro atoms. The number of benzene rings is 2. The van der Waals surface area contributed by atoms with Gasteiger partial charge in [-0.15, -0.1) is 16.1 Å². The molecular formula is C34H37N5O9S. The fraction of sp³-hybridized carbons (Fsp3) is 0.324. The number of phenolic OH excluding ortho intramolecular Hbond substituents is 2. The number of carbonyl (C=O) groups excluding carboxylic acids is 3. The first kappa shape index (κ1) is 36.1. The molecule has 4 rings (SSSR count). The third-order valence-corrected chi connectivity index (χ3v) is 8.98. The van der Waals surface area contributed by atoms with Crippen molar-refractivity contribution >= 4 is 52.7 Å². The number of thiazole rings is 1. The molecule has 0 unspecified atom stereocenters. The zero-order chi connectivity index (χ0) is 36.2. The summed E-state index contributed by atoms with van der Waals surface area (Å²) in [5.41, 5.74) is 0.228. The minimum absolute atomic E-state index is 0.00737. The van der Waals surface area contributed by atoms with Crippen LogP contribution in [-0.4, -0.2) is 84.6 Å². The highest BCUT2D eigenvalue weighted by Crippen LogP contribution is 2.32. The maximum atomic E-state index is 13.4. The molecule has 4 aromatic rings. The highest BCUT2D eigenvalue weighted by Gasteiger charge is 2.31. The van der Waals surface area contributed by atoms with Gasteiger partial charge in [-0.3, -0.25) is 4.79 Å². The summed E-state index contributed by atoms with van der Waals surface area (Å²) in [5.74, 6) is -2.12. The van der Waals surface area contributed by atoms with Crippen molar-refractivity contribution in [1.82, 2.24) is 19.5 Å². The smallest absolute Gasteiger partial charge is 0.415 e. The molecule has 0 fully saturated rings. The molecule has 0 aliphatic heterocycles. The lowest BCUT2D eigenvalue weighted by Gasteiger charge is -2.30. The number of rotatable bonds is 12. The molecular weight excluding hydrogens is 654 g/mol. The first-order chi connectivity index (χ1) is 23.0. The molecule has 0 atom stereocenters. The first-order valence-electron chi connectivity index (χ1n) is 15.1. The number of aromatic hydroxyl groups is 4. The highest BCUT2D eigenvalue weighted by atomic mass is 32.1. The van der Waals surface area contributed by atoms with Crippen molar-refractivity contribution in [2.45, 2.75) is 45.4 Å². The zero-order valence-electron chi connectivity index (χ0n) is 27.5. The minimum Gasteiger partial charge on any atom is -0.507 e. The van der Waals surface area contributed by atoms with E-state index in [1.807, 2.05) is 6.07 Å². The van der Waals surface area contributed by atoms with E-state index in [1.165, 1.54) is 27.2 Å². The lowest BCUT2D eigenvalue weighted by Crippen LogP contribution is -2.43. The van der Waals surface area contributed by atoms with E-state index in [4.69, 9.17) is 14.8 Å². The number of hydrogen-bond donors (Lipinski definition) is 4. The van der Waals surface area contributed by atoms with Gasteiger partial charge in [0.1, 0.15) is 23.3 Å². The van der Waals surface area contributed by atoms with Crippen molar-refractivity contribution in [3.05, 3.63) is 56.9 Å². The topological polar surface area (TPSA) is 199 Å². The monoisotopic (exact) mass is 691 g/mol. The lowest BCUT2D eigenvalue weighted by atomic mass is 9.78. The summed E-state index contributed by atoms with van der Waals surface area (Å²) in [6, 6.07) is 9.04. The van der Waals surface area contributed by atoms with E-state index >= 15 is 0 Å². The fourth-order valence-corrected chi connectivity index (χ4v) is 5.96. The van der Waals surface area contributed by atoms with Crippen LogP contribution in [0.25, 0.3) is 23.4 Å². The van der Waals surface area contributed by atoms with Crippen LogP contribution in [0.4, 0.5) is 4.79 Å². The standard InChI is InChI=1S/C34H37N5O9S/c1-19-20(2)32(45)30(21(3)31(19)44)34(4,5)17-28(42)37(6)14-15-38(13-7-8-29(43)48-39-26(40)11-12-27(39)41)33(46)47-22-9-10-24-23(16-22)36-25(18-35)49-24/h9-12,16,40-41,44-45H,2-3,7-8,13-15,17H2,1,4-6H3. The number of phenols is 2. The average Bonchev–Trinajstić information content (AvgIpc) is 3.61. The van der Waals surface area contributed by atoms with E-state index in [0.29, 0.717) is 21.4 Å². The van der Waals surface area contributed by atoms with Gasteiger partial charge in [-0.2, -0.15) is 5.26 Å². The van der Waals surface area contributed by atoms with Crippen LogP contribution in [0.2, 0.25) is 0 Å². The molecule has 258 valence electrons. The zero-order valence-corrected chi connectivity index (χ0v) is 28.3. The third kappa shape index (κ3) is 8.04. The Morgan fingerprint density at radius 3 is 2.35 bits per heavy atom. The van der Waals surface area contributed by atoms with Crippen molar-refractivity contribution in [2.75, 3.05) is 26.7 Å². The second kappa shape index (κ2) is 14.6. The van der Waals surface area contributed by atoms with Gasteiger partial charge in [0.25, 0.3) is 0 Å². The highest BCUT2D eigenvalue weighted by molar-refractivity contribution is 7.19. The molecule has 0 bridgehead atoms. The van der Waals surface area contributed by atoms with E-state index in [1.54, 1.807) is 40.0 Å². The van der Waals surface area contributed by atoms with E-state index in [0.717, 1.165) is 16.8 Å². The second-order valence-corrected chi connectivity index (χ2v) is 13.1. The molecule has 0 saturated carbocycles. The van der Waals surface area contributed by atoms with E-state index in [9.17, 15) is 34.8 Å². The quantitative estimate of drug-likeness (QED) is 0.159. The Kier molecular flexibility index (Phi) is 10.7. The maximum absolute atomic E-state index is 13.4. The second-order valence-electron chi connectivity index (χ2n) is 12.1. The Balaban J connectivity index is 1.46. The van der Waals surface area contributed by atoms with Crippen LogP contribution in [0.5, 0.6) is 29.0 Å². The molecule has 0 radical (unpaired) electrons. The van der Waals surface area contributed by atoms with Crippen LogP contribution in [0.15, 0.2) is 30.3 Å². The van der Waals surface area contributed by atoms with Gasteiger partial charge in [0.2, 0.25) is 17.7 Å². The number of likely N-dealkylation sites (N-methyl/N-ethyl adjacent to an activating group) is 1. The van der Waals surface area contributed by atoms with Crippen molar-refractivity contribution in [1.29, 1.82) is 5.26 Å². The van der Waals surface area contributed by atoms with E-state index in [-0.39, 0.29) is 77.5 Å². The van der Waals surface area contributed by atoms with Gasteiger partial charge in [-0.25, -0.2) is 14.6 Å². The summed E-state index contributed by atoms with van der Waals surface area (Å²) in [7, 11) is 1.56. The van der Waals surface area contributed by atoms with Crippen LogP contribution < -0.4 is 20.0 Å². The van der Waals surface area contributed by atoms with Gasteiger partial charge in [-0.05, 0) is 25.5 Å². The Bertz CT molecular complexity index is 2040. The van der Waals surface area contributed by atoms with Crippen molar-refractivity contribution in [3.63, 3.8) is 0 Å². The Morgan fingerprint density at radius 2 is 1.69 bits per heavy atom. The predicted octanol–water partition coefficient (Wildman–Crippen LogP) is 2.98. The van der Waals surface area contributed by atoms with Crippen LogP contribution in [0, 0.1) is 18.3 Å². The molecule has 14 nitrogen and oxygen atoms in total. The van der Waals surface area contributed by atoms with Gasteiger partial charge in [0, 0.05) is 84.7 Å². The maximum Gasteiger partial charge on any atom is 0.415 e. The van der Waals surface area contributed by atoms with Gasteiger partial charge in [0.05, 0.1) is 10.2 Å². The molecule has 0 aliphatic rings. The van der Waals surface area contributed by atoms with Crippen LogP contribution in [0.1, 0.15) is 49.2 Å². The summed E-state index contributed by atoms with van der Waals surface area (Å²) in [6.45, 7) is 12.9. The van der Waals surface area contributed by atoms with Crippen LogP contribution in [-0.2, 0) is 15.0 Å². The molecule has 49 heavy (non-hydrogen) atoms. The number of carbonyl (C=O) groups is 3. The largest absolute Gasteiger partial charge is 0.507 e. The average molecular weight is 692 g/mol. The molecule has 2 heterocycles. The van der Waals surface area contributed by atoms with Crippen molar-refractivity contribution in [3.8, 4) is 35.1 Å². The normalized spacial score (nSPS) is 11.2. The molecule has 2 aromatic carbocycles. The van der Waals surface area contributed by atoms with Crippen molar-refractivity contribution in [2.24, 2.45) is 0 Å². The number of aromatic nitrogens is 2. The summed E-state index contributed by atoms with van der Waals surface area (Å²) in [6.07, 6.45) is -0.932. The SMILES string of the molecule is C=c1c(C)c(O)c(=C)c(C(C)(C)CC(=O)N(C)CCN(CCCC(=O)On2c(O)ccc2O)C(=O)Oc2ccc3sc(C#N)nc3c2)c1O. The summed E-state index contributed by atoms with van der Waals surface area (Å²) < 4.78 is 6.91. The number of ether oxygens (including phenoxy) is 1. The predicted molar refractivity (Wildman–Crippen MR) is 181 cm³/mol. The number of hydrogen-bond acceptors (Lipinski definition) is 12. The summed E-state index contributed by atoms with van der Waals surface area (Å²) in [5, 5.41) is 50.7. The van der Waals surface area contributed by atoms with E-state index in [2.05, 4.69) is 18.1 Å². The third-order valence-electron chi connectivity index (χ3n) is 8.04. The van der Waals surface area contributed by atoms with Crippen LogP contribution in [0.3, 0.4) is 0 Å². The lowest BCUT2D eigenvalue weighted by molar-refractivity contribution is -0.145. The molecule has 0 saturated heterocycles. The molecule has 2 aromatic heterocycles. The van der Waals surface area contributed by atoms with Gasteiger partial charge in [-0.1, -0.05) is 27.0 Å². The number of fused-ring (bicyclic) bond motifs is 1. The van der Waals surface area contributed by atoms with E-state index < -0.39 is 29.2 Å². The minimum atomic E-state index is -0.953. The number of nitrogens with zero attached hydrogens (tertiary/aromatic N) is 5. The Morgan fingerprint density at radius 1 is 1.02 bits per heavy atom. The Hall–Kier alpha value is -5.75. The number of amides is 2. The Labute approximate surface area is 285 Å².